The van der Waals surface area contributed by atoms with Crippen molar-refractivity contribution in [3.05, 3.63) is 0 Å². The summed E-state index contributed by atoms with van der Waals surface area (Å²) < 4.78 is 0. The van der Waals surface area contributed by atoms with Gasteiger partial charge in [-0.1, -0.05) is 0 Å². The Kier molecular flexibility index (Phi) is 0.473. The molecule has 1 heterocycles. The molecule has 0 atom stereocenters. The third-order valence-corrected chi connectivity index (χ3v) is 2.07. The molecule has 0 aromatic heterocycles. The van der Waals surface area contributed by atoms with Gasteiger partial charge < -0.3 is 0 Å². The van der Waals surface area contributed by atoms with Gasteiger partial charge in [0, 0.05) is 6.42 Å². The zero-order valence-corrected chi connectivity index (χ0v) is 4.41. The van der Waals surface area contributed by atoms with Crippen molar-refractivity contribution in [1.29, 1.82) is 0 Å². The Hall–Kier alpha value is -0.330. The van der Waals surface area contributed by atoms with Gasteiger partial charge in [0.25, 0.3) is 0 Å². The summed E-state index contributed by atoms with van der Waals surface area (Å²) in [5.41, 5.74) is 0.708. The fourth-order valence-corrected chi connectivity index (χ4v) is 1.24. The van der Waals surface area contributed by atoms with Crippen molar-refractivity contribution in [2.45, 2.75) is 19.3 Å². The van der Waals surface area contributed by atoms with Crippen LogP contribution >= 0.6 is 0 Å². The quantitative estimate of drug-likeness (QED) is 0.411. The SMILES string of the molecule is C1=[NH+]CCC12CC2. The van der Waals surface area contributed by atoms with E-state index in [2.05, 4.69) is 11.2 Å². The van der Waals surface area contributed by atoms with E-state index in [0.29, 0.717) is 5.41 Å². The first-order valence-electron chi connectivity index (χ1n) is 2.99. The maximum atomic E-state index is 3.25. The van der Waals surface area contributed by atoms with Crippen LogP contribution < -0.4 is 4.99 Å². The Morgan fingerprint density at radius 3 is 2.43 bits per heavy atom. The van der Waals surface area contributed by atoms with Gasteiger partial charge >= 0.3 is 0 Å². The summed E-state index contributed by atoms with van der Waals surface area (Å²) in [6.07, 6.45) is 6.57. The summed E-state index contributed by atoms with van der Waals surface area (Å²) in [7, 11) is 0. The smallest absolute Gasteiger partial charge is 0.144 e. The Labute approximate surface area is 43.4 Å². The van der Waals surface area contributed by atoms with Crippen LogP contribution in [0.5, 0.6) is 0 Å². The summed E-state index contributed by atoms with van der Waals surface area (Å²) in [4.78, 5) is 3.25. The van der Waals surface area contributed by atoms with E-state index in [9.17, 15) is 0 Å². The van der Waals surface area contributed by atoms with E-state index in [4.69, 9.17) is 0 Å². The van der Waals surface area contributed by atoms with Gasteiger partial charge in [0.15, 0.2) is 0 Å². The molecule has 0 saturated heterocycles. The molecule has 0 aromatic rings. The van der Waals surface area contributed by atoms with E-state index in [1.54, 1.807) is 0 Å². The van der Waals surface area contributed by atoms with Gasteiger partial charge in [-0.2, -0.15) is 0 Å². The van der Waals surface area contributed by atoms with Crippen molar-refractivity contribution in [3.8, 4) is 0 Å². The van der Waals surface area contributed by atoms with E-state index in [1.165, 1.54) is 25.8 Å². The summed E-state index contributed by atoms with van der Waals surface area (Å²) in [6, 6.07) is 0. The molecule has 7 heavy (non-hydrogen) atoms. The summed E-state index contributed by atoms with van der Waals surface area (Å²) >= 11 is 0. The van der Waals surface area contributed by atoms with E-state index in [-0.39, 0.29) is 0 Å². The molecule has 1 spiro atoms. The van der Waals surface area contributed by atoms with Crippen molar-refractivity contribution in [2.24, 2.45) is 5.41 Å². The highest BCUT2D eigenvalue weighted by atomic mass is 14.8. The first kappa shape index (κ1) is 3.65. The molecule has 1 nitrogen and oxygen atoms in total. The van der Waals surface area contributed by atoms with Crippen molar-refractivity contribution in [1.82, 2.24) is 0 Å². The fraction of sp³-hybridized carbons (Fsp3) is 0.833. The van der Waals surface area contributed by atoms with Gasteiger partial charge in [0.2, 0.25) is 0 Å². The molecule has 0 radical (unpaired) electrons. The molecule has 1 aliphatic carbocycles. The second kappa shape index (κ2) is 0.908. The zero-order valence-electron chi connectivity index (χ0n) is 4.41. The first-order valence-corrected chi connectivity index (χ1v) is 2.99. The van der Waals surface area contributed by atoms with Gasteiger partial charge in [-0.05, 0) is 12.8 Å². The third kappa shape index (κ3) is 0.409. The van der Waals surface area contributed by atoms with Crippen molar-refractivity contribution in [3.63, 3.8) is 0 Å². The van der Waals surface area contributed by atoms with Crippen LogP contribution in [0.1, 0.15) is 19.3 Å². The summed E-state index contributed by atoms with van der Waals surface area (Å²) in [5.74, 6) is 0. The van der Waals surface area contributed by atoms with E-state index < -0.39 is 0 Å². The Morgan fingerprint density at radius 2 is 2.14 bits per heavy atom. The highest BCUT2D eigenvalue weighted by molar-refractivity contribution is 5.64. The number of nitrogens with one attached hydrogen (secondary N) is 1. The summed E-state index contributed by atoms with van der Waals surface area (Å²) in [5, 5.41) is 0. The van der Waals surface area contributed by atoms with Gasteiger partial charge in [0.05, 0.1) is 5.41 Å². The largest absolute Gasteiger partial charge is 0.251 e. The Bertz CT molecular complexity index is 111. The van der Waals surface area contributed by atoms with Crippen LogP contribution in [-0.4, -0.2) is 12.8 Å². The molecule has 2 rings (SSSR count). The van der Waals surface area contributed by atoms with Crippen molar-refractivity contribution < 1.29 is 4.99 Å². The molecule has 1 N–H and O–H groups in total. The van der Waals surface area contributed by atoms with Gasteiger partial charge in [-0.3, -0.25) is 4.99 Å². The Morgan fingerprint density at radius 1 is 1.29 bits per heavy atom. The molecule has 1 aliphatic heterocycles. The lowest BCUT2D eigenvalue weighted by Gasteiger charge is -1.87. The van der Waals surface area contributed by atoms with Crippen LogP contribution in [0.4, 0.5) is 0 Å². The van der Waals surface area contributed by atoms with Crippen molar-refractivity contribution in [2.75, 3.05) is 6.54 Å². The molecule has 1 saturated carbocycles. The highest BCUT2D eigenvalue weighted by Crippen LogP contribution is 2.46. The van der Waals surface area contributed by atoms with E-state index >= 15 is 0 Å². The number of hydrogen-bond donors (Lipinski definition) is 1. The van der Waals surface area contributed by atoms with Crippen LogP contribution in [0, 0.1) is 5.41 Å². The lowest BCUT2D eigenvalue weighted by atomic mass is 10.1. The van der Waals surface area contributed by atoms with Crippen LogP contribution in [0.2, 0.25) is 0 Å². The van der Waals surface area contributed by atoms with Gasteiger partial charge in [0.1, 0.15) is 12.8 Å². The lowest BCUT2D eigenvalue weighted by Crippen LogP contribution is -2.65. The predicted molar refractivity (Wildman–Crippen MR) is 28.2 cm³/mol. The standard InChI is InChI=1S/C6H9N/c1-2-6(1)3-4-7-5-6/h5H,1-4H2/p+1. The molecular formula is C6H10N+. The predicted octanol–water partition coefficient (Wildman–Crippen LogP) is -0.678. The molecular weight excluding hydrogens is 86.1 g/mol. The third-order valence-electron chi connectivity index (χ3n) is 2.07. The molecule has 1 heteroatoms. The van der Waals surface area contributed by atoms with Gasteiger partial charge in [-0.25, -0.2) is 0 Å². The van der Waals surface area contributed by atoms with E-state index in [1.807, 2.05) is 0 Å². The average Bonchev–Trinajstić information content (AvgIpc) is 2.15. The van der Waals surface area contributed by atoms with Gasteiger partial charge in [-0.15, -0.1) is 0 Å². The Balaban J connectivity index is 2.22. The molecule has 2 aliphatic rings. The molecule has 0 unspecified atom stereocenters. The zero-order chi connectivity index (χ0) is 4.74. The minimum absolute atomic E-state index is 0.708. The fourth-order valence-electron chi connectivity index (χ4n) is 1.24. The number of rotatable bonds is 0. The monoisotopic (exact) mass is 96.1 g/mol. The second-order valence-corrected chi connectivity index (χ2v) is 2.71. The molecule has 1 fully saturated rings. The van der Waals surface area contributed by atoms with Crippen LogP contribution in [0.25, 0.3) is 0 Å². The minimum Gasteiger partial charge on any atom is -0.251 e. The average molecular weight is 96.2 g/mol. The van der Waals surface area contributed by atoms with Crippen LogP contribution in [-0.2, 0) is 0 Å². The maximum Gasteiger partial charge on any atom is 0.144 e. The molecule has 0 amide bonds. The normalized spacial score (nSPS) is 32.0. The molecule has 38 valence electrons. The number of hydrogen-bond acceptors (Lipinski definition) is 0. The molecule has 0 aromatic carbocycles. The lowest BCUT2D eigenvalue weighted by molar-refractivity contribution is -0.442. The van der Waals surface area contributed by atoms with E-state index in [0.717, 1.165) is 0 Å². The molecule has 0 bridgehead atoms. The van der Waals surface area contributed by atoms with Crippen LogP contribution in [0.15, 0.2) is 0 Å². The van der Waals surface area contributed by atoms with Crippen molar-refractivity contribution >= 4 is 6.21 Å². The second-order valence-electron chi connectivity index (χ2n) is 2.71. The van der Waals surface area contributed by atoms with Crippen LogP contribution in [0.3, 0.4) is 0 Å². The summed E-state index contributed by atoms with van der Waals surface area (Å²) in [6.45, 7) is 1.22. The maximum absolute atomic E-state index is 3.25. The topological polar surface area (TPSA) is 14.0 Å². The first-order chi connectivity index (χ1) is 3.41. The minimum atomic E-state index is 0.708. The highest BCUT2D eigenvalue weighted by Gasteiger charge is 2.46.